The van der Waals surface area contributed by atoms with Crippen molar-refractivity contribution in [3.05, 3.63) is 22.1 Å². The van der Waals surface area contributed by atoms with Gasteiger partial charge in [0.05, 0.1) is 11.5 Å². The molecule has 0 spiro atoms. The lowest BCUT2D eigenvalue weighted by Crippen LogP contribution is -2.66. The minimum atomic E-state index is -0.711. The van der Waals surface area contributed by atoms with E-state index in [0.29, 0.717) is 24.8 Å². The van der Waals surface area contributed by atoms with Crippen LogP contribution in [-0.2, 0) is 9.59 Å². The van der Waals surface area contributed by atoms with Crippen LogP contribution in [0.3, 0.4) is 0 Å². The normalized spacial score (nSPS) is 45.5. The van der Waals surface area contributed by atoms with Crippen LogP contribution in [0.1, 0.15) is 127 Å². The number of allylic oxidation sites excluding steroid dienone is 2. The van der Waals surface area contributed by atoms with Gasteiger partial charge in [-0.15, -0.1) is 0 Å². The number of hydrogen-bond acceptors (Lipinski definition) is 4. The number of carbonyl (C=O) groups is 2. The lowest BCUT2D eigenvalue weighted by Gasteiger charge is -2.70. The first-order valence-electron chi connectivity index (χ1n) is 16.5. The molecule has 0 aromatic rings. The van der Waals surface area contributed by atoms with Crippen LogP contribution >= 0.6 is 0 Å². The number of carbonyl (C=O) groups excluding carboxylic acids is 1. The molecule has 1 unspecified atom stereocenters. The predicted molar refractivity (Wildman–Crippen MR) is 167 cm³/mol. The molecule has 0 radical (unpaired) electrons. The summed E-state index contributed by atoms with van der Waals surface area (Å²) in [5.41, 5.74) is 7.98. The molecule has 0 aromatic heterocycles. The second-order valence-electron chi connectivity index (χ2n) is 17.1. The van der Waals surface area contributed by atoms with Crippen LogP contribution in [0.5, 0.6) is 0 Å². The van der Waals surface area contributed by atoms with Crippen LogP contribution in [0.4, 0.5) is 0 Å². The zero-order chi connectivity index (χ0) is 31.5. The first-order valence-corrected chi connectivity index (χ1v) is 16.5. The number of aliphatic hydroxyl groups excluding tert-OH is 1. The van der Waals surface area contributed by atoms with Crippen LogP contribution < -0.4 is 0 Å². The Morgan fingerprint density at radius 2 is 1.67 bits per heavy atom. The maximum absolute atomic E-state index is 14.2. The molecule has 0 aromatic carbocycles. The fourth-order valence-corrected chi connectivity index (χ4v) is 10.7. The SMILES string of the molecule is CC(C)CCN=[N+]=[N-].CC1(C)[C@@H](O)CC[C@]2(C)C3C(=O)C=C4[C@@H]5C[C@@](C)(C(=O)O)CC[C@]5(C)CC[C@@]4(C)[C@]3(C)CC[C@@H]12. The van der Waals surface area contributed by atoms with Gasteiger partial charge < -0.3 is 10.2 Å². The Kier molecular flexibility index (Phi) is 8.61. The Labute approximate surface area is 253 Å². The molecule has 5 aliphatic rings. The summed E-state index contributed by atoms with van der Waals surface area (Å²) in [5, 5.41) is 24.3. The van der Waals surface area contributed by atoms with Gasteiger partial charge in [0.25, 0.3) is 0 Å². The molecule has 9 atom stereocenters. The van der Waals surface area contributed by atoms with Crippen molar-refractivity contribution in [1.29, 1.82) is 0 Å². The molecule has 7 nitrogen and oxygen atoms in total. The third-order valence-corrected chi connectivity index (χ3v) is 13.9. The summed E-state index contributed by atoms with van der Waals surface area (Å²) in [6.07, 6.45) is 10.9. The van der Waals surface area contributed by atoms with E-state index in [1.807, 2.05) is 13.0 Å². The molecule has 7 heteroatoms. The minimum absolute atomic E-state index is 0.0296. The van der Waals surface area contributed by atoms with E-state index in [0.717, 1.165) is 57.8 Å². The van der Waals surface area contributed by atoms with Crippen LogP contribution in [0.2, 0.25) is 0 Å². The molecule has 0 amide bonds. The third kappa shape index (κ3) is 4.95. The van der Waals surface area contributed by atoms with Crippen LogP contribution in [0, 0.1) is 56.2 Å². The fourth-order valence-electron chi connectivity index (χ4n) is 10.7. The lowest BCUT2D eigenvalue weighted by atomic mass is 9.33. The highest BCUT2D eigenvalue weighted by molar-refractivity contribution is 5.95. The third-order valence-electron chi connectivity index (χ3n) is 13.9. The molecule has 5 aliphatic carbocycles. The summed E-state index contributed by atoms with van der Waals surface area (Å²) in [6.45, 7) is 20.7. The number of carboxylic acid groups (broad SMARTS) is 1. The van der Waals surface area contributed by atoms with Gasteiger partial charge in [-0.1, -0.05) is 66.1 Å². The van der Waals surface area contributed by atoms with E-state index in [4.69, 9.17) is 5.53 Å². The Balaban J connectivity index is 0.000000446. The smallest absolute Gasteiger partial charge is 0.309 e. The summed E-state index contributed by atoms with van der Waals surface area (Å²) in [7, 11) is 0. The average Bonchev–Trinajstić information content (AvgIpc) is 2.89. The number of azide groups is 1. The maximum Gasteiger partial charge on any atom is 0.309 e. The Hall–Kier alpha value is -1.85. The number of nitrogens with zero attached hydrogens (tertiary/aromatic N) is 3. The van der Waals surface area contributed by atoms with E-state index < -0.39 is 11.4 Å². The largest absolute Gasteiger partial charge is 0.481 e. The van der Waals surface area contributed by atoms with Crippen molar-refractivity contribution in [3.63, 3.8) is 0 Å². The number of carboxylic acids is 1. The number of ketones is 1. The van der Waals surface area contributed by atoms with Gasteiger partial charge in [0, 0.05) is 17.4 Å². The van der Waals surface area contributed by atoms with Crippen molar-refractivity contribution in [2.75, 3.05) is 6.54 Å². The second-order valence-corrected chi connectivity index (χ2v) is 17.1. The van der Waals surface area contributed by atoms with Crippen molar-refractivity contribution in [3.8, 4) is 0 Å². The van der Waals surface area contributed by atoms with Crippen LogP contribution in [0.15, 0.2) is 16.8 Å². The molecule has 42 heavy (non-hydrogen) atoms. The minimum Gasteiger partial charge on any atom is -0.481 e. The van der Waals surface area contributed by atoms with E-state index in [2.05, 4.69) is 65.4 Å². The van der Waals surface area contributed by atoms with Gasteiger partial charge in [-0.25, -0.2) is 0 Å². The van der Waals surface area contributed by atoms with Crippen molar-refractivity contribution in [2.24, 2.45) is 61.3 Å². The van der Waals surface area contributed by atoms with Crippen molar-refractivity contribution in [2.45, 2.75) is 133 Å². The molecule has 2 N–H and O–H groups in total. The van der Waals surface area contributed by atoms with Gasteiger partial charge >= 0.3 is 5.97 Å². The molecule has 0 aliphatic heterocycles. The van der Waals surface area contributed by atoms with E-state index in [1.165, 1.54) is 5.57 Å². The van der Waals surface area contributed by atoms with E-state index in [-0.39, 0.29) is 50.8 Å². The van der Waals surface area contributed by atoms with Gasteiger partial charge in [-0.05, 0) is 128 Å². The molecule has 236 valence electrons. The second kappa shape index (κ2) is 10.9. The average molecular weight is 584 g/mol. The Morgan fingerprint density at radius 3 is 2.26 bits per heavy atom. The molecule has 0 bridgehead atoms. The van der Waals surface area contributed by atoms with E-state index in [1.54, 1.807) is 0 Å². The highest BCUT2D eigenvalue weighted by atomic mass is 16.4. The summed E-state index contributed by atoms with van der Waals surface area (Å²) < 4.78 is 0. The van der Waals surface area contributed by atoms with Crippen LogP contribution in [0.25, 0.3) is 10.4 Å². The van der Waals surface area contributed by atoms with Gasteiger partial charge in [0.2, 0.25) is 0 Å². The Bertz CT molecular complexity index is 1170. The molecule has 0 heterocycles. The molecule has 4 fully saturated rings. The molecular weight excluding hydrogens is 526 g/mol. The van der Waals surface area contributed by atoms with Gasteiger partial charge in [-0.2, -0.15) is 0 Å². The number of aliphatic carboxylic acids is 1. The monoisotopic (exact) mass is 583 g/mol. The van der Waals surface area contributed by atoms with Gasteiger partial charge in [0.1, 0.15) is 0 Å². The molecule has 4 saturated carbocycles. The first-order chi connectivity index (χ1) is 19.3. The predicted octanol–water partition coefficient (Wildman–Crippen LogP) is 8.76. The number of rotatable bonds is 4. The molecular formula is C35H57N3O4. The zero-order valence-electron chi connectivity index (χ0n) is 27.8. The van der Waals surface area contributed by atoms with E-state index >= 15 is 0 Å². The van der Waals surface area contributed by atoms with Crippen LogP contribution in [-0.4, -0.2) is 34.6 Å². The Morgan fingerprint density at radius 1 is 1.02 bits per heavy atom. The summed E-state index contributed by atoms with van der Waals surface area (Å²) >= 11 is 0. The van der Waals surface area contributed by atoms with Gasteiger partial charge in [0.15, 0.2) is 5.78 Å². The van der Waals surface area contributed by atoms with Crippen molar-refractivity contribution in [1.82, 2.24) is 0 Å². The quantitative estimate of drug-likeness (QED) is 0.195. The topological polar surface area (TPSA) is 123 Å². The van der Waals surface area contributed by atoms with Crippen molar-refractivity contribution < 1.29 is 19.8 Å². The molecule has 5 rings (SSSR count). The summed E-state index contributed by atoms with van der Waals surface area (Å²) in [4.78, 5) is 29.1. The standard InChI is InChI=1S/C30H46O4.C5H11N3/c1-25(2)21-8-11-30(7)23(28(21,5)10-9-22(25)32)20(31)16-18-19-17-27(4,24(33)34)13-12-26(19,3)14-15-29(18,30)6;1-5(2)3-4-7-8-6/h16,19,21-23,32H,8-15,17H2,1-7H3,(H,33,34);5H,3-4H2,1-2H3/t19-,21-,22-,23?,26+,27-,28-,29+,30+;/m0./s1. The number of fused-ring (bicyclic) bond motifs is 7. The van der Waals surface area contributed by atoms with E-state index in [9.17, 15) is 19.8 Å². The maximum atomic E-state index is 14.2. The highest BCUT2D eigenvalue weighted by Crippen LogP contribution is 2.75. The number of hydrogen-bond donors (Lipinski definition) is 2. The summed E-state index contributed by atoms with van der Waals surface area (Å²) in [5.74, 6) is 0.700. The fraction of sp³-hybridized carbons (Fsp3) is 0.886. The lowest BCUT2D eigenvalue weighted by molar-refractivity contribution is -0.202. The zero-order valence-corrected chi connectivity index (χ0v) is 27.8. The highest BCUT2D eigenvalue weighted by Gasteiger charge is 2.70. The summed E-state index contributed by atoms with van der Waals surface area (Å²) in [6, 6.07) is 0. The van der Waals surface area contributed by atoms with Gasteiger partial charge in [-0.3, -0.25) is 9.59 Å². The van der Waals surface area contributed by atoms with Crippen molar-refractivity contribution >= 4 is 11.8 Å². The first kappa shape index (κ1) is 33.1. The number of aliphatic hydroxyl groups is 1. The molecule has 0 saturated heterocycles.